The van der Waals surface area contributed by atoms with Crippen molar-refractivity contribution in [3.8, 4) is 0 Å². The molecule has 5 N–H and O–H groups in total. The van der Waals surface area contributed by atoms with Gasteiger partial charge in [-0.1, -0.05) is 78.9 Å². The Kier molecular flexibility index (Phi) is 11.2. The molecular weight excluding hydrogens is 636 g/mol. The predicted octanol–water partition coefficient (Wildman–Crippen LogP) is 1.65. The Morgan fingerprint density at radius 1 is 0.700 bits per heavy atom. The zero-order valence-corrected chi connectivity index (χ0v) is 27.7. The molecule has 0 spiro atoms. The van der Waals surface area contributed by atoms with Crippen LogP contribution in [0.3, 0.4) is 0 Å². The second kappa shape index (κ2) is 16.3. The van der Waals surface area contributed by atoms with Crippen molar-refractivity contribution in [3.63, 3.8) is 0 Å². The van der Waals surface area contributed by atoms with Crippen LogP contribution in [0.1, 0.15) is 23.1 Å². The largest absolute Gasteiger partial charge is 0.378 e. The number of fused-ring (bicyclic) bond motifs is 1. The van der Waals surface area contributed by atoms with Gasteiger partial charge in [0, 0.05) is 56.0 Å². The van der Waals surface area contributed by atoms with Crippen molar-refractivity contribution >= 4 is 40.4 Å². The number of aromatic nitrogens is 1. The van der Waals surface area contributed by atoms with Crippen LogP contribution in [-0.2, 0) is 48.0 Å². The minimum absolute atomic E-state index is 0.00314. The van der Waals surface area contributed by atoms with Crippen molar-refractivity contribution < 1.29 is 28.7 Å². The highest BCUT2D eigenvalue weighted by molar-refractivity contribution is 6.04. The second-order valence-corrected chi connectivity index (χ2v) is 12.8. The summed E-state index contributed by atoms with van der Waals surface area (Å²) in [7, 11) is 0. The van der Waals surface area contributed by atoms with Gasteiger partial charge in [0.2, 0.25) is 29.5 Å². The molecule has 0 bridgehead atoms. The Bertz CT molecular complexity index is 1810. The van der Waals surface area contributed by atoms with Crippen molar-refractivity contribution in [2.24, 2.45) is 5.92 Å². The molecule has 4 atom stereocenters. The molecule has 3 unspecified atom stereocenters. The van der Waals surface area contributed by atoms with E-state index in [1.54, 1.807) is 6.20 Å². The average Bonchev–Trinajstić information content (AvgIpc) is 3.55. The van der Waals surface area contributed by atoms with Crippen LogP contribution in [0.2, 0.25) is 0 Å². The van der Waals surface area contributed by atoms with E-state index < -0.39 is 60.0 Å². The summed E-state index contributed by atoms with van der Waals surface area (Å²) in [6.07, 6.45) is 2.02. The van der Waals surface area contributed by atoms with E-state index in [9.17, 15) is 24.0 Å². The molecule has 2 aliphatic heterocycles. The molecule has 2 fully saturated rings. The molecule has 50 heavy (non-hydrogen) atoms. The lowest BCUT2D eigenvalue weighted by Gasteiger charge is -2.31. The van der Waals surface area contributed by atoms with Crippen LogP contribution < -0.4 is 21.3 Å². The zero-order chi connectivity index (χ0) is 34.9. The molecule has 260 valence electrons. The fourth-order valence-corrected chi connectivity index (χ4v) is 6.52. The maximum absolute atomic E-state index is 14.2. The van der Waals surface area contributed by atoms with Crippen LogP contribution in [-0.4, -0.2) is 90.4 Å². The van der Waals surface area contributed by atoms with Gasteiger partial charge in [-0.15, -0.1) is 0 Å². The number of H-pyrrole nitrogens is 1. The molecule has 3 aromatic carbocycles. The van der Waals surface area contributed by atoms with Crippen LogP contribution >= 0.6 is 0 Å². The van der Waals surface area contributed by atoms with Gasteiger partial charge in [-0.3, -0.25) is 24.0 Å². The number of hydrogen-bond acceptors (Lipinski definition) is 6. The summed E-state index contributed by atoms with van der Waals surface area (Å²) >= 11 is 0. The maximum atomic E-state index is 14.2. The first kappa shape index (κ1) is 34.4. The van der Waals surface area contributed by atoms with E-state index in [4.69, 9.17) is 4.74 Å². The summed E-state index contributed by atoms with van der Waals surface area (Å²) in [5, 5.41) is 12.5. The number of amides is 5. The van der Waals surface area contributed by atoms with Gasteiger partial charge in [-0.05, 0) is 29.2 Å². The van der Waals surface area contributed by atoms with Crippen molar-refractivity contribution in [3.05, 3.63) is 108 Å². The average molecular weight is 679 g/mol. The number of aromatic amines is 1. The number of para-hydroxylation sites is 1. The van der Waals surface area contributed by atoms with E-state index in [1.165, 1.54) is 4.90 Å². The van der Waals surface area contributed by atoms with E-state index >= 15 is 0 Å². The first-order valence-corrected chi connectivity index (χ1v) is 17.0. The zero-order valence-electron chi connectivity index (χ0n) is 27.7. The van der Waals surface area contributed by atoms with Gasteiger partial charge >= 0.3 is 0 Å². The minimum atomic E-state index is -1.34. The van der Waals surface area contributed by atoms with E-state index in [1.807, 2.05) is 84.9 Å². The third-order valence-electron chi connectivity index (χ3n) is 9.19. The molecule has 0 aliphatic carbocycles. The summed E-state index contributed by atoms with van der Waals surface area (Å²) in [4.78, 5) is 74.2. The number of carbonyl (C=O) groups is 5. The summed E-state index contributed by atoms with van der Waals surface area (Å²) in [6, 6.07) is 23.8. The highest BCUT2D eigenvalue weighted by atomic mass is 16.5. The molecule has 12 nitrogen and oxygen atoms in total. The normalized spacial score (nSPS) is 22.5. The van der Waals surface area contributed by atoms with Gasteiger partial charge in [0.05, 0.1) is 19.3 Å². The van der Waals surface area contributed by atoms with Gasteiger partial charge in [-0.25, -0.2) is 0 Å². The monoisotopic (exact) mass is 678 g/mol. The van der Waals surface area contributed by atoms with E-state index in [0.29, 0.717) is 32.7 Å². The molecule has 0 saturated carbocycles. The van der Waals surface area contributed by atoms with E-state index in [2.05, 4.69) is 26.3 Å². The molecule has 4 aromatic rings. The van der Waals surface area contributed by atoms with Crippen LogP contribution in [0.15, 0.2) is 91.1 Å². The maximum Gasteiger partial charge on any atom is 0.243 e. The Morgan fingerprint density at radius 2 is 1.32 bits per heavy atom. The molecule has 0 radical (unpaired) electrons. The van der Waals surface area contributed by atoms with Gasteiger partial charge in [0.1, 0.15) is 18.0 Å². The number of hydrogen-bond donors (Lipinski definition) is 5. The molecule has 2 aliphatic rings. The van der Waals surface area contributed by atoms with Crippen molar-refractivity contribution in [1.82, 2.24) is 31.2 Å². The SMILES string of the molecule is O=C1CC(C(=O)N2CCOCC2)C(=O)NC[C@@H](Cc2ccccc2)NC(=O)C(Cc2ccccc2)NC(=O)C(Cc2c[nH]c3ccccc23)N1. The fraction of sp³-hybridized carbons (Fsp3) is 0.342. The summed E-state index contributed by atoms with van der Waals surface area (Å²) in [6.45, 7) is 1.25. The summed E-state index contributed by atoms with van der Waals surface area (Å²) in [5.74, 6) is -4.08. The Labute approximate surface area is 290 Å². The minimum Gasteiger partial charge on any atom is -0.378 e. The van der Waals surface area contributed by atoms with E-state index in [0.717, 1.165) is 27.6 Å². The van der Waals surface area contributed by atoms with Crippen molar-refractivity contribution in [2.45, 2.75) is 43.8 Å². The number of nitrogens with one attached hydrogen (secondary N) is 5. The molecule has 5 amide bonds. The van der Waals surface area contributed by atoms with Crippen LogP contribution in [0.4, 0.5) is 0 Å². The van der Waals surface area contributed by atoms with E-state index in [-0.39, 0.29) is 19.4 Å². The number of nitrogens with zero attached hydrogens (tertiary/aromatic N) is 1. The highest BCUT2D eigenvalue weighted by Gasteiger charge is 2.36. The first-order chi connectivity index (χ1) is 24.3. The lowest BCUT2D eigenvalue weighted by Crippen LogP contribution is -2.58. The third-order valence-corrected chi connectivity index (χ3v) is 9.19. The second-order valence-electron chi connectivity index (χ2n) is 12.8. The highest BCUT2D eigenvalue weighted by Crippen LogP contribution is 2.20. The first-order valence-electron chi connectivity index (χ1n) is 17.0. The number of morpholine rings is 1. The Balaban J connectivity index is 1.33. The van der Waals surface area contributed by atoms with Crippen LogP contribution in [0.25, 0.3) is 10.9 Å². The molecule has 12 heteroatoms. The van der Waals surface area contributed by atoms with Gasteiger partial charge in [0.15, 0.2) is 0 Å². The smallest absolute Gasteiger partial charge is 0.243 e. The molecule has 2 saturated heterocycles. The van der Waals surface area contributed by atoms with Gasteiger partial charge in [0.25, 0.3) is 0 Å². The van der Waals surface area contributed by atoms with Crippen molar-refractivity contribution in [2.75, 3.05) is 32.8 Å². The van der Waals surface area contributed by atoms with Crippen LogP contribution in [0.5, 0.6) is 0 Å². The predicted molar refractivity (Wildman–Crippen MR) is 187 cm³/mol. The van der Waals surface area contributed by atoms with Gasteiger partial charge < -0.3 is 35.9 Å². The topological polar surface area (TPSA) is 162 Å². The quantitative estimate of drug-likeness (QED) is 0.187. The fourth-order valence-electron chi connectivity index (χ4n) is 6.52. The van der Waals surface area contributed by atoms with Crippen LogP contribution in [0, 0.1) is 5.92 Å². The lowest BCUT2D eigenvalue weighted by atomic mass is 9.98. The third kappa shape index (κ3) is 8.75. The molecule has 1 aromatic heterocycles. The number of ether oxygens (including phenoxy) is 1. The standard InChI is InChI=1S/C38H42N6O6/c45-34-22-30(38(49)44-15-17-50-18-16-44)35(46)40-24-28(19-25-9-3-1-4-10-25)41-36(47)32(20-26-11-5-2-6-12-26)43-37(48)33(42-34)21-27-23-39-31-14-8-7-13-29(27)31/h1-14,23,28,30,32-33,39H,15-22,24H2,(H,40,46)(H,41,47)(H,42,45)(H,43,48)/t28-,30?,32?,33?/m1/s1. The molecule has 6 rings (SSSR count). The Hall–Kier alpha value is -5.49. The van der Waals surface area contributed by atoms with Gasteiger partial charge in [-0.2, -0.15) is 0 Å². The summed E-state index contributed by atoms with van der Waals surface area (Å²) in [5.41, 5.74) is 3.42. The Morgan fingerprint density at radius 3 is 2.04 bits per heavy atom. The van der Waals surface area contributed by atoms with Crippen molar-refractivity contribution in [1.29, 1.82) is 0 Å². The molecular formula is C38H42N6O6. The lowest BCUT2D eigenvalue weighted by molar-refractivity contribution is -0.148. The number of benzene rings is 3. The number of rotatable bonds is 7. The summed E-state index contributed by atoms with van der Waals surface area (Å²) < 4.78 is 5.39. The number of carbonyl (C=O) groups excluding carboxylic acids is 5. The molecule has 3 heterocycles.